The highest BCUT2D eigenvalue weighted by atomic mass is 19.1. The van der Waals surface area contributed by atoms with Crippen LogP contribution in [-0.4, -0.2) is 63.5 Å². The highest BCUT2D eigenvalue weighted by molar-refractivity contribution is 5.94. The summed E-state index contributed by atoms with van der Waals surface area (Å²) in [5.41, 5.74) is 1.84. The number of aromatic amines is 1. The summed E-state index contributed by atoms with van der Waals surface area (Å²) < 4.78 is 18.9. The van der Waals surface area contributed by atoms with Crippen molar-refractivity contribution in [3.8, 4) is 5.75 Å². The van der Waals surface area contributed by atoms with E-state index in [9.17, 15) is 14.0 Å². The molecule has 0 unspecified atom stereocenters. The zero-order chi connectivity index (χ0) is 22.8. The van der Waals surface area contributed by atoms with Gasteiger partial charge < -0.3 is 19.7 Å². The minimum Gasteiger partial charge on any atom is -0.484 e. The van der Waals surface area contributed by atoms with Crippen LogP contribution in [0.25, 0.3) is 10.9 Å². The molecule has 168 valence electrons. The van der Waals surface area contributed by atoms with Crippen LogP contribution in [0.1, 0.15) is 29.9 Å². The number of carbonyl (C=O) groups is 2. The molecule has 1 fully saturated rings. The van der Waals surface area contributed by atoms with E-state index in [-0.39, 0.29) is 36.1 Å². The van der Waals surface area contributed by atoms with Crippen molar-refractivity contribution in [1.29, 1.82) is 0 Å². The van der Waals surface area contributed by atoms with Gasteiger partial charge in [-0.05, 0) is 55.8 Å². The second-order valence-corrected chi connectivity index (χ2v) is 8.33. The van der Waals surface area contributed by atoms with Crippen LogP contribution in [0, 0.1) is 5.82 Å². The van der Waals surface area contributed by atoms with Gasteiger partial charge in [0.25, 0.3) is 5.91 Å². The average molecular weight is 439 g/mol. The predicted octanol–water partition coefficient (Wildman–Crippen LogP) is 3.51. The van der Waals surface area contributed by atoms with Gasteiger partial charge in [-0.3, -0.25) is 9.69 Å². The van der Waals surface area contributed by atoms with E-state index < -0.39 is 5.97 Å². The predicted molar refractivity (Wildman–Crippen MR) is 118 cm³/mol. The number of rotatable bonds is 6. The van der Waals surface area contributed by atoms with Crippen LogP contribution >= 0.6 is 0 Å². The van der Waals surface area contributed by atoms with Gasteiger partial charge in [0.1, 0.15) is 17.3 Å². The number of nitrogens with zero attached hydrogens (tertiary/aromatic N) is 2. The summed E-state index contributed by atoms with van der Waals surface area (Å²) in [7, 11) is 0. The molecule has 8 heteroatoms. The van der Waals surface area contributed by atoms with Gasteiger partial charge in [0, 0.05) is 42.6 Å². The van der Waals surface area contributed by atoms with E-state index in [0.29, 0.717) is 29.7 Å². The summed E-state index contributed by atoms with van der Waals surface area (Å²) in [5.74, 6) is -0.854. The lowest BCUT2D eigenvalue weighted by atomic mass is 10.1. The number of carboxylic acid groups (broad SMARTS) is 1. The van der Waals surface area contributed by atoms with Crippen molar-refractivity contribution >= 4 is 22.8 Å². The van der Waals surface area contributed by atoms with Crippen molar-refractivity contribution in [3.63, 3.8) is 0 Å². The van der Waals surface area contributed by atoms with Crippen LogP contribution in [0.5, 0.6) is 5.75 Å². The van der Waals surface area contributed by atoms with Gasteiger partial charge in [-0.25, -0.2) is 9.18 Å². The monoisotopic (exact) mass is 439 g/mol. The molecular weight excluding hydrogens is 413 g/mol. The normalized spacial score (nSPS) is 19.3. The number of aromatic carboxylic acids is 1. The molecule has 2 heterocycles. The Labute approximate surface area is 185 Å². The van der Waals surface area contributed by atoms with E-state index in [2.05, 4.69) is 16.8 Å². The van der Waals surface area contributed by atoms with Gasteiger partial charge in [0.2, 0.25) is 0 Å². The number of ether oxygens (including phenoxy) is 1. The van der Waals surface area contributed by atoms with Crippen molar-refractivity contribution < 1.29 is 23.8 Å². The number of hydrogen-bond acceptors (Lipinski definition) is 4. The van der Waals surface area contributed by atoms with Crippen LogP contribution < -0.4 is 4.74 Å². The minimum atomic E-state index is -1.03. The Hall–Kier alpha value is -3.39. The fourth-order valence-corrected chi connectivity index (χ4v) is 4.13. The molecule has 3 aromatic rings. The van der Waals surface area contributed by atoms with E-state index >= 15 is 0 Å². The largest absolute Gasteiger partial charge is 0.484 e. The third kappa shape index (κ3) is 4.75. The molecule has 0 aliphatic carbocycles. The zero-order valence-corrected chi connectivity index (χ0v) is 18.0. The lowest BCUT2D eigenvalue weighted by Gasteiger charge is -2.44. The maximum Gasteiger partial charge on any atom is 0.352 e. The molecule has 7 nitrogen and oxygen atoms in total. The van der Waals surface area contributed by atoms with Gasteiger partial charge in [0.15, 0.2) is 6.61 Å². The van der Waals surface area contributed by atoms with Crippen LogP contribution in [0.3, 0.4) is 0 Å². The van der Waals surface area contributed by atoms with Crippen molar-refractivity contribution in [1.82, 2.24) is 14.8 Å². The van der Waals surface area contributed by atoms with Gasteiger partial charge in [-0.1, -0.05) is 12.1 Å². The lowest BCUT2D eigenvalue weighted by Crippen LogP contribution is -2.58. The second kappa shape index (κ2) is 9.00. The molecule has 1 aromatic heterocycles. The maximum atomic E-state index is 13.2. The topological polar surface area (TPSA) is 85.9 Å². The standard InChI is InChI=1S/C24H26FN3O4/c1-15-12-28(16(2)11-27(15)13-17-3-5-19(25)6-4-17)23(29)14-32-20-7-8-21-18(9-20)10-22(26-21)24(30)31/h3-10,15-16,26H,11-14H2,1-2H3,(H,30,31)/t15-,16+/m0/s1. The fourth-order valence-electron chi connectivity index (χ4n) is 4.13. The SMILES string of the molecule is C[C@@H]1CN(Cc2ccc(F)cc2)[C@@H](C)CN1C(=O)COc1ccc2[nH]c(C(=O)O)cc2c1. The fraction of sp³-hybridized carbons (Fsp3) is 0.333. The van der Waals surface area contributed by atoms with Crippen LogP contribution in [0.15, 0.2) is 48.5 Å². The third-order valence-electron chi connectivity index (χ3n) is 5.92. The van der Waals surface area contributed by atoms with E-state index in [4.69, 9.17) is 9.84 Å². The summed E-state index contributed by atoms with van der Waals surface area (Å²) in [5, 5.41) is 9.81. The number of halogens is 1. The summed E-state index contributed by atoms with van der Waals surface area (Å²) in [6.07, 6.45) is 0. The molecule has 2 atom stereocenters. The molecule has 0 spiro atoms. The first-order chi connectivity index (χ1) is 15.3. The molecule has 1 amide bonds. The number of benzene rings is 2. The molecule has 1 saturated heterocycles. The first kappa shape index (κ1) is 21.8. The summed E-state index contributed by atoms with van der Waals surface area (Å²) in [6.45, 7) is 6.02. The molecule has 0 bridgehead atoms. The maximum absolute atomic E-state index is 13.2. The number of fused-ring (bicyclic) bond motifs is 1. The van der Waals surface area contributed by atoms with Gasteiger partial charge in [0.05, 0.1) is 0 Å². The highest BCUT2D eigenvalue weighted by Gasteiger charge is 2.32. The number of hydrogen-bond donors (Lipinski definition) is 2. The molecule has 0 radical (unpaired) electrons. The molecule has 4 rings (SSSR count). The van der Waals surface area contributed by atoms with Gasteiger partial charge in [-0.2, -0.15) is 0 Å². The molecular formula is C24H26FN3O4. The Kier molecular flexibility index (Phi) is 6.14. The van der Waals surface area contributed by atoms with Crippen LogP contribution in [0.4, 0.5) is 4.39 Å². The van der Waals surface area contributed by atoms with E-state index in [1.54, 1.807) is 30.3 Å². The molecule has 32 heavy (non-hydrogen) atoms. The number of nitrogens with one attached hydrogen (secondary N) is 1. The van der Waals surface area contributed by atoms with Gasteiger partial charge >= 0.3 is 5.97 Å². The highest BCUT2D eigenvalue weighted by Crippen LogP contribution is 2.23. The lowest BCUT2D eigenvalue weighted by molar-refractivity contribution is -0.139. The summed E-state index contributed by atoms with van der Waals surface area (Å²) in [6, 6.07) is 13.4. The zero-order valence-electron chi connectivity index (χ0n) is 18.0. The first-order valence-corrected chi connectivity index (χ1v) is 10.6. The van der Waals surface area contributed by atoms with E-state index in [1.807, 2.05) is 11.8 Å². The number of H-pyrrole nitrogens is 1. The van der Waals surface area contributed by atoms with Crippen LogP contribution in [0.2, 0.25) is 0 Å². The Morgan fingerprint density at radius 2 is 1.84 bits per heavy atom. The second-order valence-electron chi connectivity index (χ2n) is 8.33. The van der Waals surface area contributed by atoms with E-state index in [0.717, 1.165) is 12.1 Å². The number of aromatic nitrogens is 1. The Balaban J connectivity index is 1.35. The minimum absolute atomic E-state index is 0.0213. The molecule has 2 N–H and O–H groups in total. The third-order valence-corrected chi connectivity index (χ3v) is 5.92. The molecule has 1 aliphatic rings. The number of amides is 1. The quantitative estimate of drug-likeness (QED) is 0.614. The summed E-state index contributed by atoms with van der Waals surface area (Å²) >= 11 is 0. The number of piperazine rings is 1. The molecule has 0 saturated carbocycles. The summed E-state index contributed by atoms with van der Waals surface area (Å²) in [4.78, 5) is 30.9. The number of carboxylic acids is 1. The molecule has 1 aliphatic heterocycles. The Bertz CT molecular complexity index is 1130. The van der Waals surface area contributed by atoms with Gasteiger partial charge in [-0.15, -0.1) is 0 Å². The van der Waals surface area contributed by atoms with Crippen molar-refractivity contribution in [2.75, 3.05) is 19.7 Å². The van der Waals surface area contributed by atoms with Crippen molar-refractivity contribution in [2.45, 2.75) is 32.5 Å². The Morgan fingerprint density at radius 1 is 1.09 bits per heavy atom. The molecule has 2 aromatic carbocycles. The first-order valence-electron chi connectivity index (χ1n) is 10.6. The Morgan fingerprint density at radius 3 is 2.56 bits per heavy atom. The number of carbonyl (C=O) groups excluding carboxylic acids is 1. The van der Waals surface area contributed by atoms with E-state index in [1.165, 1.54) is 18.2 Å². The van der Waals surface area contributed by atoms with Crippen molar-refractivity contribution in [2.24, 2.45) is 0 Å². The smallest absolute Gasteiger partial charge is 0.352 e. The van der Waals surface area contributed by atoms with Crippen molar-refractivity contribution in [3.05, 3.63) is 65.6 Å². The van der Waals surface area contributed by atoms with Crippen LogP contribution in [-0.2, 0) is 11.3 Å². The average Bonchev–Trinajstić information content (AvgIpc) is 3.20.